The van der Waals surface area contributed by atoms with Crippen LogP contribution in [0, 0.1) is 0 Å². The Bertz CT molecular complexity index is 516. The van der Waals surface area contributed by atoms with Gasteiger partial charge in [-0.05, 0) is 30.9 Å². The molecular weight excluding hydrogens is 292 g/mol. The van der Waals surface area contributed by atoms with Gasteiger partial charge in [0.05, 0.1) is 4.90 Å². The van der Waals surface area contributed by atoms with Crippen LogP contribution in [0.2, 0.25) is 0 Å². The van der Waals surface area contributed by atoms with Crippen molar-refractivity contribution in [2.24, 2.45) is 0 Å². The Labute approximate surface area is 126 Å². The topological polar surface area (TPSA) is 58.2 Å². The Balaban J connectivity index is 2.82. The molecule has 0 bridgehead atoms. The summed E-state index contributed by atoms with van der Waals surface area (Å²) in [7, 11) is -3.43. The van der Waals surface area contributed by atoms with Crippen molar-refractivity contribution >= 4 is 21.8 Å². The Morgan fingerprint density at radius 3 is 2.55 bits per heavy atom. The van der Waals surface area contributed by atoms with Gasteiger partial charge in [0.2, 0.25) is 10.0 Å². The van der Waals surface area contributed by atoms with Crippen LogP contribution in [0.3, 0.4) is 0 Å². The van der Waals surface area contributed by atoms with Gasteiger partial charge in [0.15, 0.2) is 0 Å². The molecule has 0 aromatic heterocycles. The molecule has 1 unspecified atom stereocenters. The first kappa shape index (κ1) is 17.5. The maximum absolute atomic E-state index is 12.3. The fourth-order valence-electron chi connectivity index (χ4n) is 1.76. The Hall–Kier alpha value is -0.560. The fraction of sp³-hybridized carbons (Fsp3) is 0.571. The Morgan fingerprint density at radius 2 is 1.95 bits per heavy atom. The van der Waals surface area contributed by atoms with Crippen molar-refractivity contribution in [3.63, 3.8) is 0 Å². The van der Waals surface area contributed by atoms with Crippen LogP contribution in [-0.2, 0) is 16.6 Å². The number of hydrogen-bond acceptors (Lipinski definition) is 4. The van der Waals surface area contributed by atoms with E-state index < -0.39 is 10.0 Å². The SMILES string of the molecule is CSCC(C)NS(=O)(=O)c1cccc(CNC(C)C)c1. The van der Waals surface area contributed by atoms with Gasteiger partial charge < -0.3 is 5.32 Å². The lowest BCUT2D eigenvalue weighted by molar-refractivity contribution is 0.570. The molecule has 0 amide bonds. The van der Waals surface area contributed by atoms with E-state index in [4.69, 9.17) is 0 Å². The lowest BCUT2D eigenvalue weighted by atomic mass is 10.2. The van der Waals surface area contributed by atoms with E-state index in [9.17, 15) is 8.42 Å². The largest absolute Gasteiger partial charge is 0.310 e. The third kappa shape index (κ3) is 5.83. The molecule has 0 aliphatic carbocycles. The number of sulfonamides is 1. The smallest absolute Gasteiger partial charge is 0.240 e. The van der Waals surface area contributed by atoms with E-state index in [-0.39, 0.29) is 6.04 Å². The second-order valence-corrected chi connectivity index (χ2v) is 7.79. The van der Waals surface area contributed by atoms with Crippen molar-refractivity contribution in [1.82, 2.24) is 10.0 Å². The molecule has 0 fully saturated rings. The predicted octanol–water partition coefficient (Wildman–Crippen LogP) is 2.21. The minimum atomic E-state index is -3.43. The molecule has 0 aliphatic heterocycles. The van der Waals surface area contributed by atoms with E-state index in [1.165, 1.54) is 0 Å². The molecule has 20 heavy (non-hydrogen) atoms. The quantitative estimate of drug-likeness (QED) is 0.772. The lowest BCUT2D eigenvalue weighted by Gasteiger charge is -2.14. The summed E-state index contributed by atoms with van der Waals surface area (Å²) in [4.78, 5) is 0.327. The summed E-state index contributed by atoms with van der Waals surface area (Å²) in [6, 6.07) is 7.36. The average molecular weight is 316 g/mol. The van der Waals surface area contributed by atoms with Crippen LogP contribution in [0.5, 0.6) is 0 Å². The zero-order valence-electron chi connectivity index (χ0n) is 12.5. The first-order valence-electron chi connectivity index (χ1n) is 6.68. The van der Waals surface area contributed by atoms with E-state index in [0.717, 1.165) is 11.3 Å². The summed E-state index contributed by atoms with van der Waals surface area (Å²) >= 11 is 1.62. The Morgan fingerprint density at radius 1 is 1.25 bits per heavy atom. The molecule has 0 aliphatic rings. The lowest BCUT2D eigenvalue weighted by Crippen LogP contribution is -2.34. The molecule has 114 valence electrons. The number of hydrogen-bond donors (Lipinski definition) is 2. The molecule has 2 N–H and O–H groups in total. The number of benzene rings is 1. The molecule has 0 heterocycles. The summed E-state index contributed by atoms with van der Waals surface area (Å²) in [5.74, 6) is 0.758. The summed E-state index contributed by atoms with van der Waals surface area (Å²) in [6.45, 7) is 6.66. The van der Waals surface area contributed by atoms with Crippen molar-refractivity contribution in [2.75, 3.05) is 12.0 Å². The highest BCUT2D eigenvalue weighted by atomic mass is 32.2. The van der Waals surface area contributed by atoms with Crippen LogP contribution in [0.1, 0.15) is 26.3 Å². The van der Waals surface area contributed by atoms with Crippen LogP contribution in [0.25, 0.3) is 0 Å². The van der Waals surface area contributed by atoms with Crippen molar-refractivity contribution in [2.45, 2.75) is 44.3 Å². The normalized spacial score (nSPS) is 13.7. The maximum Gasteiger partial charge on any atom is 0.240 e. The molecule has 0 saturated heterocycles. The maximum atomic E-state index is 12.3. The summed E-state index contributed by atoms with van der Waals surface area (Å²) in [5.41, 5.74) is 0.971. The molecule has 4 nitrogen and oxygen atoms in total. The van der Waals surface area contributed by atoms with Gasteiger partial charge in [0.1, 0.15) is 0 Å². The average Bonchev–Trinajstić information content (AvgIpc) is 2.36. The molecule has 0 radical (unpaired) electrons. The van der Waals surface area contributed by atoms with Gasteiger partial charge in [-0.3, -0.25) is 0 Å². The predicted molar refractivity (Wildman–Crippen MR) is 86.6 cm³/mol. The van der Waals surface area contributed by atoms with Crippen molar-refractivity contribution in [1.29, 1.82) is 0 Å². The minimum Gasteiger partial charge on any atom is -0.310 e. The van der Waals surface area contributed by atoms with Gasteiger partial charge in [0, 0.05) is 24.4 Å². The number of thioether (sulfide) groups is 1. The highest BCUT2D eigenvalue weighted by molar-refractivity contribution is 7.98. The van der Waals surface area contributed by atoms with Gasteiger partial charge in [-0.2, -0.15) is 11.8 Å². The third-order valence-electron chi connectivity index (χ3n) is 2.70. The number of nitrogens with one attached hydrogen (secondary N) is 2. The first-order chi connectivity index (χ1) is 9.35. The monoisotopic (exact) mass is 316 g/mol. The second kappa shape index (κ2) is 8.02. The van der Waals surface area contributed by atoms with Crippen LogP contribution in [-0.4, -0.2) is 32.5 Å². The second-order valence-electron chi connectivity index (χ2n) is 5.16. The molecule has 1 aromatic carbocycles. The molecule has 1 atom stereocenters. The third-order valence-corrected chi connectivity index (χ3v) is 5.12. The first-order valence-corrected chi connectivity index (χ1v) is 9.56. The van der Waals surface area contributed by atoms with Gasteiger partial charge in [-0.25, -0.2) is 13.1 Å². The van der Waals surface area contributed by atoms with E-state index in [1.54, 1.807) is 30.0 Å². The summed E-state index contributed by atoms with van der Waals surface area (Å²) < 4.78 is 27.2. The molecule has 0 saturated carbocycles. The molecule has 1 rings (SSSR count). The standard InChI is InChI=1S/C14H24N2O2S2/c1-11(2)15-9-13-6-5-7-14(8-13)20(17,18)16-12(3)10-19-4/h5-8,11-12,15-16H,9-10H2,1-4H3. The van der Waals surface area contributed by atoms with Gasteiger partial charge in [-0.1, -0.05) is 26.0 Å². The van der Waals surface area contributed by atoms with Crippen LogP contribution < -0.4 is 10.0 Å². The highest BCUT2D eigenvalue weighted by Gasteiger charge is 2.17. The zero-order valence-corrected chi connectivity index (χ0v) is 14.1. The van der Waals surface area contributed by atoms with Crippen LogP contribution in [0.15, 0.2) is 29.2 Å². The van der Waals surface area contributed by atoms with Gasteiger partial charge in [-0.15, -0.1) is 0 Å². The van der Waals surface area contributed by atoms with Crippen molar-refractivity contribution in [3.8, 4) is 0 Å². The van der Waals surface area contributed by atoms with Gasteiger partial charge >= 0.3 is 0 Å². The van der Waals surface area contributed by atoms with E-state index in [1.807, 2.05) is 19.2 Å². The number of rotatable bonds is 8. The van der Waals surface area contributed by atoms with E-state index >= 15 is 0 Å². The highest BCUT2D eigenvalue weighted by Crippen LogP contribution is 2.13. The molecule has 6 heteroatoms. The van der Waals surface area contributed by atoms with Crippen molar-refractivity contribution in [3.05, 3.63) is 29.8 Å². The van der Waals surface area contributed by atoms with Crippen molar-refractivity contribution < 1.29 is 8.42 Å². The van der Waals surface area contributed by atoms with E-state index in [0.29, 0.717) is 17.5 Å². The minimum absolute atomic E-state index is 0.0764. The Kier molecular flexibility index (Phi) is 7.02. The molecular formula is C14H24N2O2S2. The van der Waals surface area contributed by atoms with Crippen LogP contribution in [0.4, 0.5) is 0 Å². The fourth-order valence-corrected chi connectivity index (χ4v) is 3.76. The van der Waals surface area contributed by atoms with E-state index in [2.05, 4.69) is 23.9 Å². The molecule has 0 spiro atoms. The summed E-state index contributed by atoms with van der Waals surface area (Å²) in [6.07, 6.45) is 1.96. The van der Waals surface area contributed by atoms with Crippen LogP contribution >= 0.6 is 11.8 Å². The molecule has 1 aromatic rings. The zero-order chi connectivity index (χ0) is 15.2. The summed E-state index contributed by atoms with van der Waals surface area (Å²) in [5, 5.41) is 3.28. The van der Waals surface area contributed by atoms with Gasteiger partial charge in [0.25, 0.3) is 0 Å².